The molecule has 0 saturated heterocycles. The molecule has 1 rings (SSSR count). The molecule has 0 fully saturated rings. The summed E-state index contributed by atoms with van der Waals surface area (Å²) in [4.78, 5) is 0. The Balaban J connectivity index is 2.97. The Labute approximate surface area is 132 Å². The Hall–Kier alpha value is 0.260. The quantitative estimate of drug-likeness (QED) is 0.603. The lowest BCUT2D eigenvalue weighted by Gasteiger charge is -2.28. The van der Waals surface area contributed by atoms with E-state index in [4.69, 9.17) is 11.6 Å². The number of hydrogen-bond acceptors (Lipinski definition) is 2. The molecule has 1 aromatic carbocycles. The molecule has 0 aliphatic heterocycles. The predicted octanol–water partition coefficient (Wildman–Crippen LogP) is 4.74. The normalized spacial score (nSPS) is 15.3. The van der Waals surface area contributed by atoms with Gasteiger partial charge in [-0.25, -0.2) is 0 Å². The summed E-state index contributed by atoms with van der Waals surface area (Å²) in [6, 6.07) is 5.92. The van der Waals surface area contributed by atoms with E-state index in [2.05, 4.69) is 27.6 Å². The van der Waals surface area contributed by atoms with Crippen LogP contribution in [-0.4, -0.2) is 9.30 Å². The van der Waals surface area contributed by atoms with E-state index in [0.29, 0.717) is 0 Å². The van der Waals surface area contributed by atoms with Crippen molar-refractivity contribution >= 4 is 38.9 Å². The van der Waals surface area contributed by atoms with Crippen LogP contribution in [0.2, 0.25) is 5.02 Å². The SMILES string of the molecule is CC[C@H](N[S+]([O-])C(C)(C)C)c1ccc(Cl)cc1CBr. The summed E-state index contributed by atoms with van der Waals surface area (Å²) in [7, 11) is 0. The fourth-order valence-electron chi connectivity index (χ4n) is 1.70. The van der Waals surface area contributed by atoms with Crippen molar-refractivity contribution < 1.29 is 4.55 Å². The van der Waals surface area contributed by atoms with Gasteiger partial charge in [-0.2, -0.15) is 0 Å². The number of alkyl halides is 1. The summed E-state index contributed by atoms with van der Waals surface area (Å²) < 4.78 is 15.2. The first-order valence-electron chi connectivity index (χ1n) is 6.32. The minimum Gasteiger partial charge on any atom is -0.598 e. The third-order valence-corrected chi connectivity index (χ3v) is 5.29. The molecule has 0 spiro atoms. The van der Waals surface area contributed by atoms with Gasteiger partial charge in [0, 0.05) is 21.7 Å². The molecule has 0 aliphatic rings. The molecule has 0 amide bonds. The summed E-state index contributed by atoms with van der Waals surface area (Å²) in [6.45, 7) is 7.99. The molecule has 1 aromatic rings. The van der Waals surface area contributed by atoms with Crippen LogP contribution >= 0.6 is 27.5 Å². The molecule has 1 unspecified atom stereocenters. The molecule has 1 N–H and O–H groups in total. The zero-order chi connectivity index (χ0) is 14.6. The molecule has 0 aliphatic carbocycles. The van der Waals surface area contributed by atoms with Gasteiger partial charge >= 0.3 is 0 Å². The number of hydrogen-bond donors (Lipinski definition) is 1. The van der Waals surface area contributed by atoms with Crippen LogP contribution in [0.15, 0.2) is 18.2 Å². The Morgan fingerprint density at radius 3 is 2.53 bits per heavy atom. The average molecular weight is 367 g/mol. The van der Waals surface area contributed by atoms with E-state index >= 15 is 0 Å². The Morgan fingerprint density at radius 2 is 2.05 bits per heavy atom. The van der Waals surface area contributed by atoms with Gasteiger partial charge in [0.2, 0.25) is 0 Å². The van der Waals surface area contributed by atoms with E-state index < -0.39 is 11.4 Å². The van der Waals surface area contributed by atoms with Crippen LogP contribution in [0.4, 0.5) is 0 Å². The number of halogens is 2. The highest BCUT2D eigenvalue weighted by Gasteiger charge is 2.29. The zero-order valence-electron chi connectivity index (χ0n) is 11.8. The van der Waals surface area contributed by atoms with Crippen molar-refractivity contribution in [1.29, 1.82) is 0 Å². The third-order valence-electron chi connectivity index (χ3n) is 2.84. The second-order valence-electron chi connectivity index (χ2n) is 5.44. The molecule has 0 radical (unpaired) electrons. The highest BCUT2D eigenvalue weighted by molar-refractivity contribution is 9.08. The Kier molecular flexibility index (Phi) is 6.67. The van der Waals surface area contributed by atoms with Crippen LogP contribution in [0.3, 0.4) is 0 Å². The second-order valence-corrected chi connectivity index (χ2v) is 8.43. The predicted molar refractivity (Wildman–Crippen MR) is 88.1 cm³/mol. The molecule has 0 aromatic heterocycles. The molecular weight excluding hydrogens is 346 g/mol. The lowest BCUT2D eigenvalue weighted by Crippen LogP contribution is -2.41. The first-order chi connectivity index (χ1) is 8.79. The van der Waals surface area contributed by atoms with Crippen LogP contribution in [0.5, 0.6) is 0 Å². The summed E-state index contributed by atoms with van der Waals surface area (Å²) in [5.74, 6) is 0. The van der Waals surface area contributed by atoms with Crippen LogP contribution < -0.4 is 4.72 Å². The van der Waals surface area contributed by atoms with Crippen molar-refractivity contribution in [3.8, 4) is 0 Å². The van der Waals surface area contributed by atoms with Crippen molar-refractivity contribution in [2.45, 2.75) is 50.2 Å². The molecule has 19 heavy (non-hydrogen) atoms. The maximum atomic E-state index is 12.2. The highest BCUT2D eigenvalue weighted by atomic mass is 79.9. The molecule has 2 nitrogen and oxygen atoms in total. The fourth-order valence-corrected chi connectivity index (χ4v) is 3.29. The molecule has 108 valence electrons. The molecule has 0 heterocycles. The minimum absolute atomic E-state index is 0.0740. The minimum atomic E-state index is -1.08. The summed E-state index contributed by atoms with van der Waals surface area (Å²) >= 11 is 8.42. The highest BCUT2D eigenvalue weighted by Crippen LogP contribution is 2.28. The van der Waals surface area contributed by atoms with Gasteiger partial charge in [-0.05, 0) is 50.5 Å². The van der Waals surface area contributed by atoms with Gasteiger partial charge in [-0.15, -0.1) is 4.72 Å². The smallest absolute Gasteiger partial charge is 0.136 e. The summed E-state index contributed by atoms with van der Waals surface area (Å²) in [5.41, 5.74) is 2.29. The van der Waals surface area contributed by atoms with Crippen molar-refractivity contribution in [3.05, 3.63) is 34.3 Å². The third kappa shape index (κ3) is 4.94. The maximum Gasteiger partial charge on any atom is 0.136 e. The zero-order valence-corrected chi connectivity index (χ0v) is 15.0. The second kappa shape index (κ2) is 7.32. The maximum absolute atomic E-state index is 12.2. The van der Waals surface area contributed by atoms with E-state index in [-0.39, 0.29) is 10.8 Å². The fraction of sp³-hybridized carbons (Fsp3) is 0.571. The van der Waals surface area contributed by atoms with E-state index in [1.807, 2.05) is 39.0 Å². The van der Waals surface area contributed by atoms with Crippen LogP contribution in [-0.2, 0) is 16.7 Å². The van der Waals surface area contributed by atoms with Crippen molar-refractivity contribution in [3.63, 3.8) is 0 Å². The van der Waals surface area contributed by atoms with Crippen LogP contribution in [0, 0.1) is 0 Å². The van der Waals surface area contributed by atoms with Gasteiger partial charge in [0.05, 0.1) is 6.04 Å². The average Bonchev–Trinajstić information content (AvgIpc) is 2.34. The first kappa shape index (κ1) is 17.3. The van der Waals surface area contributed by atoms with E-state index in [1.165, 1.54) is 0 Å². The Bertz CT molecular complexity index is 422. The largest absolute Gasteiger partial charge is 0.598 e. The van der Waals surface area contributed by atoms with Crippen LogP contribution in [0.1, 0.15) is 51.3 Å². The van der Waals surface area contributed by atoms with E-state index in [0.717, 1.165) is 27.9 Å². The lowest BCUT2D eigenvalue weighted by molar-refractivity contribution is 0.518. The number of nitrogens with one attached hydrogen (secondary N) is 1. The van der Waals surface area contributed by atoms with Gasteiger partial charge in [-0.3, -0.25) is 0 Å². The monoisotopic (exact) mass is 365 g/mol. The first-order valence-corrected chi connectivity index (χ1v) is 8.96. The topological polar surface area (TPSA) is 35.1 Å². The molecule has 0 bridgehead atoms. The van der Waals surface area contributed by atoms with Gasteiger partial charge in [0.1, 0.15) is 4.75 Å². The molecule has 0 saturated carbocycles. The lowest BCUT2D eigenvalue weighted by atomic mass is 10.0. The Morgan fingerprint density at radius 1 is 1.42 bits per heavy atom. The summed E-state index contributed by atoms with van der Waals surface area (Å²) in [5, 5.41) is 1.47. The molecular formula is C14H21BrClNOS. The van der Waals surface area contributed by atoms with Crippen LogP contribution in [0.25, 0.3) is 0 Å². The van der Waals surface area contributed by atoms with Crippen molar-refractivity contribution in [2.75, 3.05) is 0 Å². The molecule has 2 atom stereocenters. The van der Waals surface area contributed by atoms with Gasteiger partial charge in [0.25, 0.3) is 0 Å². The molecule has 5 heteroatoms. The summed E-state index contributed by atoms with van der Waals surface area (Å²) in [6.07, 6.45) is 0.878. The van der Waals surface area contributed by atoms with Crippen molar-refractivity contribution in [1.82, 2.24) is 4.72 Å². The van der Waals surface area contributed by atoms with Gasteiger partial charge in [0.15, 0.2) is 0 Å². The van der Waals surface area contributed by atoms with E-state index in [9.17, 15) is 4.55 Å². The standard InChI is InChI=1S/C14H21BrClNOS/c1-5-13(17-19(18)14(2,3)4)12-7-6-11(16)8-10(12)9-15/h6-8,13,17H,5,9H2,1-4H3/t13-,19?/m0/s1. The van der Waals surface area contributed by atoms with Crippen molar-refractivity contribution in [2.24, 2.45) is 0 Å². The number of rotatable bonds is 5. The number of benzene rings is 1. The van der Waals surface area contributed by atoms with Gasteiger partial charge < -0.3 is 4.55 Å². The van der Waals surface area contributed by atoms with Gasteiger partial charge in [-0.1, -0.05) is 40.5 Å². The van der Waals surface area contributed by atoms with E-state index in [1.54, 1.807) is 0 Å².